The molecule has 1 saturated heterocycles. The highest BCUT2D eigenvalue weighted by Gasteiger charge is 2.15. The fourth-order valence-electron chi connectivity index (χ4n) is 2.73. The Hall–Kier alpha value is -1.39. The Morgan fingerprint density at radius 1 is 1.25 bits per heavy atom. The van der Waals surface area contributed by atoms with Crippen LogP contribution in [0, 0.1) is 0 Å². The molecule has 0 unspecified atom stereocenters. The van der Waals surface area contributed by atoms with Gasteiger partial charge >= 0.3 is 0 Å². The van der Waals surface area contributed by atoms with Crippen molar-refractivity contribution >= 4 is 27.3 Å². The molecule has 1 aromatic carbocycles. The topological polar surface area (TPSA) is 32.3 Å². The average molecular weight is 288 g/mol. The molecule has 0 saturated carbocycles. The van der Waals surface area contributed by atoms with E-state index in [9.17, 15) is 4.79 Å². The number of nitrogens with one attached hydrogen (secondary N) is 1. The predicted molar refractivity (Wildman–Crippen MR) is 84.2 cm³/mol. The number of fused-ring (bicyclic) bond motifs is 1. The van der Waals surface area contributed by atoms with E-state index in [4.69, 9.17) is 0 Å². The number of nitrogens with zero attached hydrogens (tertiary/aromatic N) is 1. The first-order chi connectivity index (χ1) is 9.84. The van der Waals surface area contributed by atoms with Crippen molar-refractivity contribution in [3.63, 3.8) is 0 Å². The van der Waals surface area contributed by atoms with Crippen molar-refractivity contribution in [1.82, 2.24) is 10.2 Å². The van der Waals surface area contributed by atoms with Crippen molar-refractivity contribution in [1.29, 1.82) is 0 Å². The minimum atomic E-state index is 0.311. The monoisotopic (exact) mass is 288 g/mol. The Kier molecular flexibility index (Phi) is 4.33. The predicted octanol–water partition coefficient (Wildman–Crippen LogP) is 2.66. The van der Waals surface area contributed by atoms with E-state index in [0.29, 0.717) is 12.3 Å². The summed E-state index contributed by atoms with van der Waals surface area (Å²) < 4.78 is 1.34. The van der Waals surface area contributed by atoms with Crippen LogP contribution in [0.5, 0.6) is 0 Å². The van der Waals surface area contributed by atoms with Gasteiger partial charge in [0, 0.05) is 37.3 Å². The Balaban J connectivity index is 1.53. The molecule has 0 spiro atoms. The smallest absolute Gasteiger partial charge is 0.222 e. The van der Waals surface area contributed by atoms with Crippen LogP contribution in [0.3, 0.4) is 0 Å². The highest BCUT2D eigenvalue weighted by atomic mass is 32.1. The number of hydrogen-bond acceptors (Lipinski definition) is 3. The van der Waals surface area contributed by atoms with Gasteiger partial charge in [0.05, 0.1) is 0 Å². The molecule has 106 valence electrons. The molecule has 2 heterocycles. The van der Waals surface area contributed by atoms with E-state index in [1.54, 1.807) is 11.3 Å². The molecule has 1 N–H and O–H groups in total. The standard InChI is InChI=1S/C16H20N2OS/c19-16(18-10-8-17-9-11-18)7-3-4-13-12-20-15-6-2-1-5-14(13)15/h1-2,5-6,12,17H,3-4,7-11H2. The van der Waals surface area contributed by atoms with E-state index in [-0.39, 0.29) is 0 Å². The second kappa shape index (κ2) is 6.37. The molecule has 0 bridgehead atoms. The van der Waals surface area contributed by atoms with Gasteiger partial charge < -0.3 is 10.2 Å². The van der Waals surface area contributed by atoms with Gasteiger partial charge in [-0.3, -0.25) is 4.79 Å². The molecule has 3 rings (SSSR count). The van der Waals surface area contributed by atoms with Crippen molar-refractivity contribution in [3.8, 4) is 0 Å². The largest absolute Gasteiger partial charge is 0.340 e. The van der Waals surface area contributed by atoms with Crippen LogP contribution < -0.4 is 5.32 Å². The average Bonchev–Trinajstić information content (AvgIpc) is 2.92. The SMILES string of the molecule is O=C(CCCc1csc2ccccc12)N1CCNCC1. The molecule has 1 aliphatic heterocycles. The zero-order valence-corrected chi connectivity index (χ0v) is 12.4. The van der Waals surface area contributed by atoms with Gasteiger partial charge in [0.1, 0.15) is 0 Å². The van der Waals surface area contributed by atoms with Gasteiger partial charge in [0.15, 0.2) is 0 Å². The first kappa shape index (κ1) is 13.6. The van der Waals surface area contributed by atoms with Crippen molar-refractivity contribution in [3.05, 3.63) is 35.2 Å². The lowest BCUT2D eigenvalue weighted by molar-refractivity contribution is -0.131. The van der Waals surface area contributed by atoms with Crippen LogP contribution in [0.15, 0.2) is 29.6 Å². The number of aryl methyl sites for hydroxylation is 1. The quantitative estimate of drug-likeness (QED) is 0.938. The maximum Gasteiger partial charge on any atom is 0.222 e. The zero-order valence-electron chi connectivity index (χ0n) is 11.6. The summed E-state index contributed by atoms with van der Waals surface area (Å²) in [6.45, 7) is 3.59. The molecule has 1 fully saturated rings. The van der Waals surface area contributed by atoms with Gasteiger partial charge in [0.25, 0.3) is 0 Å². The summed E-state index contributed by atoms with van der Waals surface area (Å²) in [5.74, 6) is 0.311. The van der Waals surface area contributed by atoms with Crippen LogP contribution >= 0.6 is 11.3 Å². The maximum atomic E-state index is 12.1. The van der Waals surface area contributed by atoms with Crippen LogP contribution in [0.1, 0.15) is 18.4 Å². The summed E-state index contributed by atoms with van der Waals surface area (Å²) in [7, 11) is 0. The van der Waals surface area contributed by atoms with E-state index < -0.39 is 0 Å². The van der Waals surface area contributed by atoms with E-state index in [2.05, 4.69) is 35.0 Å². The molecule has 1 aliphatic rings. The summed E-state index contributed by atoms with van der Waals surface area (Å²) in [6.07, 6.45) is 2.62. The molecular weight excluding hydrogens is 268 g/mol. The van der Waals surface area contributed by atoms with E-state index in [1.165, 1.54) is 15.6 Å². The molecule has 1 amide bonds. The van der Waals surface area contributed by atoms with Gasteiger partial charge in [-0.1, -0.05) is 18.2 Å². The fourth-order valence-corrected chi connectivity index (χ4v) is 3.73. The van der Waals surface area contributed by atoms with Crippen molar-refractivity contribution in [2.75, 3.05) is 26.2 Å². The molecule has 0 radical (unpaired) electrons. The summed E-state index contributed by atoms with van der Waals surface area (Å²) in [5, 5.41) is 6.87. The first-order valence-electron chi connectivity index (χ1n) is 7.28. The number of rotatable bonds is 4. The number of amides is 1. The second-order valence-corrected chi connectivity index (χ2v) is 6.15. The lowest BCUT2D eigenvalue weighted by Gasteiger charge is -2.27. The van der Waals surface area contributed by atoms with Crippen molar-refractivity contribution in [2.24, 2.45) is 0 Å². The molecule has 4 heteroatoms. The molecule has 0 atom stereocenters. The van der Waals surface area contributed by atoms with E-state index in [0.717, 1.165) is 39.0 Å². The minimum absolute atomic E-state index is 0.311. The van der Waals surface area contributed by atoms with Crippen LogP contribution in [-0.4, -0.2) is 37.0 Å². The number of piperazine rings is 1. The van der Waals surface area contributed by atoms with Crippen LogP contribution in [0.25, 0.3) is 10.1 Å². The summed E-state index contributed by atoms with van der Waals surface area (Å²) in [6, 6.07) is 8.51. The van der Waals surface area contributed by atoms with Crippen LogP contribution in [0.4, 0.5) is 0 Å². The lowest BCUT2D eigenvalue weighted by Crippen LogP contribution is -2.46. The Morgan fingerprint density at radius 3 is 2.90 bits per heavy atom. The highest BCUT2D eigenvalue weighted by Crippen LogP contribution is 2.26. The number of benzene rings is 1. The van der Waals surface area contributed by atoms with Gasteiger partial charge in [-0.05, 0) is 35.2 Å². The Labute approximate surface area is 123 Å². The number of hydrogen-bond donors (Lipinski definition) is 1. The Bertz CT molecular complexity index is 587. The highest BCUT2D eigenvalue weighted by molar-refractivity contribution is 7.17. The van der Waals surface area contributed by atoms with Gasteiger partial charge in [-0.2, -0.15) is 0 Å². The molecule has 2 aromatic rings. The minimum Gasteiger partial charge on any atom is -0.340 e. The molecular formula is C16H20N2OS. The number of carbonyl (C=O) groups is 1. The normalized spacial score (nSPS) is 15.7. The molecule has 20 heavy (non-hydrogen) atoms. The fraction of sp³-hybridized carbons (Fsp3) is 0.438. The summed E-state index contributed by atoms with van der Waals surface area (Å²) >= 11 is 1.80. The van der Waals surface area contributed by atoms with E-state index >= 15 is 0 Å². The first-order valence-corrected chi connectivity index (χ1v) is 8.16. The summed E-state index contributed by atoms with van der Waals surface area (Å²) in [5.41, 5.74) is 1.39. The van der Waals surface area contributed by atoms with Gasteiger partial charge in [-0.25, -0.2) is 0 Å². The zero-order chi connectivity index (χ0) is 13.8. The number of thiophene rings is 1. The maximum absolute atomic E-state index is 12.1. The molecule has 1 aromatic heterocycles. The van der Waals surface area contributed by atoms with E-state index in [1.807, 2.05) is 4.90 Å². The third-order valence-electron chi connectivity index (χ3n) is 3.87. The number of carbonyl (C=O) groups excluding carboxylic acids is 1. The van der Waals surface area contributed by atoms with Crippen LogP contribution in [0.2, 0.25) is 0 Å². The Morgan fingerprint density at radius 2 is 2.05 bits per heavy atom. The molecule has 3 nitrogen and oxygen atoms in total. The van der Waals surface area contributed by atoms with Crippen LogP contribution in [-0.2, 0) is 11.2 Å². The van der Waals surface area contributed by atoms with Gasteiger partial charge in [-0.15, -0.1) is 11.3 Å². The van der Waals surface area contributed by atoms with Crippen molar-refractivity contribution in [2.45, 2.75) is 19.3 Å². The summed E-state index contributed by atoms with van der Waals surface area (Å²) in [4.78, 5) is 14.1. The third kappa shape index (κ3) is 3.02. The van der Waals surface area contributed by atoms with Gasteiger partial charge in [0.2, 0.25) is 5.91 Å². The second-order valence-electron chi connectivity index (χ2n) is 5.24. The third-order valence-corrected chi connectivity index (χ3v) is 4.88. The lowest BCUT2D eigenvalue weighted by atomic mass is 10.1. The molecule has 0 aliphatic carbocycles. The van der Waals surface area contributed by atoms with Crippen molar-refractivity contribution < 1.29 is 4.79 Å².